The van der Waals surface area contributed by atoms with Crippen LogP contribution in [-0.2, 0) is 14.3 Å². The van der Waals surface area contributed by atoms with Crippen molar-refractivity contribution >= 4 is 12.4 Å². The van der Waals surface area contributed by atoms with Gasteiger partial charge >= 0.3 is 12.4 Å². The first-order chi connectivity index (χ1) is 5.75. The van der Waals surface area contributed by atoms with Crippen LogP contribution in [-0.4, -0.2) is 18.5 Å². The molecule has 0 radical (unpaired) electrons. The lowest BCUT2D eigenvalue weighted by atomic mass is 9.85. The van der Waals surface area contributed by atoms with Crippen molar-refractivity contribution in [2.24, 2.45) is 11.7 Å². The van der Waals surface area contributed by atoms with Crippen molar-refractivity contribution in [3.8, 4) is 0 Å². The number of carbonyl (C=O) groups excluding carboxylic acids is 2. The second kappa shape index (κ2) is 4.21. The molecule has 4 nitrogen and oxygen atoms in total. The van der Waals surface area contributed by atoms with E-state index in [1.54, 1.807) is 0 Å². The Morgan fingerprint density at radius 3 is 2.67 bits per heavy atom. The van der Waals surface area contributed by atoms with Crippen LogP contribution in [0.2, 0.25) is 0 Å². The first-order valence-corrected chi connectivity index (χ1v) is 4.15. The number of hydrogen-bond acceptors (Lipinski definition) is 4. The second-order valence-corrected chi connectivity index (χ2v) is 3.09. The molecule has 12 heavy (non-hydrogen) atoms. The van der Waals surface area contributed by atoms with E-state index in [0.29, 0.717) is 0 Å². The average molecular weight is 171 g/mol. The molecule has 4 heteroatoms. The van der Waals surface area contributed by atoms with Crippen LogP contribution in [0, 0.1) is 5.92 Å². The number of nitrogens with two attached hydrogens (primary N) is 1. The zero-order valence-corrected chi connectivity index (χ0v) is 6.86. The van der Waals surface area contributed by atoms with E-state index in [1.165, 1.54) is 0 Å². The molecule has 1 saturated carbocycles. The maximum atomic E-state index is 11.1. The summed E-state index contributed by atoms with van der Waals surface area (Å²) in [7, 11) is 0. The maximum absolute atomic E-state index is 11.1. The highest BCUT2D eigenvalue weighted by Gasteiger charge is 2.29. The van der Waals surface area contributed by atoms with Crippen LogP contribution >= 0.6 is 0 Å². The van der Waals surface area contributed by atoms with E-state index in [1.807, 2.05) is 0 Å². The molecule has 68 valence electrons. The molecule has 1 rings (SSSR count). The largest absolute Gasteiger partial charge is 0.395 e. The van der Waals surface area contributed by atoms with Crippen molar-refractivity contribution in [3.05, 3.63) is 0 Å². The van der Waals surface area contributed by atoms with Gasteiger partial charge in [-0.2, -0.15) is 0 Å². The molecule has 0 spiro atoms. The molecule has 2 unspecified atom stereocenters. The molecular weight excluding hydrogens is 158 g/mol. The van der Waals surface area contributed by atoms with Crippen molar-refractivity contribution in [3.63, 3.8) is 0 Å². The standard InChI is InChI=1S/C8H13NO3/c9-7-4-2-1-3-6(7)8(11)12-5-10/h5-7H,1-4,9H2. The topological polar surface area (TPSA) is 69.4 Å². The quantitative estimate of drug-likeness (QED) is 0.366. The van der Waals surface area contributed by atoms with Crippen molar-refractivity contribution in [2.75, 3.05) is 0 Å². The summed E-state index contributed by atoms with van der Waals surface area (Å²) >= 11 is 0. The molecule has 0 bridgehead atoms. The van der Waals surface area contributed by atoms with E-state index in [9.17, 15) is 9.59 Å². The molecule has 0 aromatic rings. The number of hydrogen-bond donors (Lipinski definition) is 1. The van der Waals surface area contributed by atoms with Crippen LogP contribution in [0.4, 0.5) is 0 Å². The Balaban J connectivity index is 2.47. The highest BCUT2D eigenvalue weighted by molar-refractivity contribution is 5.79. The first-order valence-electron chi connectivity index (χ1n) is 4.15. The summed E-state index contributed by atoms with van der Waals surface area (Å²) < 4.78 is 4.25. The van der Waals surface area contributed by atoms with Gasteiger partial charge in [0.25, 0.3) is 0 Å². The van der Waals surface area contributed by atoms with E-state index >= 15 is 0 Å². The van der Waals surface area contributed by atoms with E-state index in [4.69, 9.17) is 5.73 Å². The molecule has 0 aromatic heterocycles. The smallest absolute Gasteiger partial charge is 0.317 e. The third-order valence-electron chi connectivity index (χ3n) is 2.29. The van der Waals surface area contributed by atoms with Crippen LogP contribution in [0.3, 0.4) is 0 Å². The van der Waals surface area contributed by atoms with Gasteiger partial charge < -0.3 is 10.5 Å². The summed E-state index contributed by atoms with van der Waals surface area (Å²) in [5, 5.41) is 0. The second-order valence-electron chi connectivity index (χ2n) is 3.09. The average Bonchev–Trinajstić information content (AvgIpc) is 2.05. The van der Waals surface area contributed by atoms with Gasteiger partial charge in [-0.05, 0) is 12.8 Å². The minimum atomic E-state index is -0.475. The normalized spacial score (nSPS) is 29.4. The number of carbonyl (C=O) groups is 2. The molecule has 2 atom stereocenters. The van der Waals surface area contributed by atoms with Gasteiger partial charge in [0.2, 0.25) is 0 Å². The van der Waals surface area contributed by atoms with Crippen LogP contribution in [0.5, 0.6) is 0 Å². The van der Waals surface area contributed by atoms with Gasteiger partial charge in [-0.25, -0.2) is 0 Å². The summed E-state index contributed by atoms with van der Waals surface area (Å²) in [5.74, 6) is -0.749. The zero-order valence-electron chi connectivity index (χ0n) is 6.86. The lowest BCUT2D eigenvalue weighted by molar-refractivity contribution is -0.156. The molecule has 0 saturated heterocycles. The Morgan fingerprint density at radius 1 is 1.42 bits per heavy atom. The van der Waals surface area contributed by atoms with Crippen molar-refractivity contribution in [2.45, 2.75) is 31.7 Å². The fraction of sp³-hybridized carbons (Fsp3) is 0.750. The van der Waals surface area contributed by atoms with Gasteiger partial charge in [0.15, 0.2) is 0 Å². The van der Waals surface area contributed by atoms with E-state index in [0.717, 1.165) is 25.7 Å². The van der Waals surface area contributed by atoms with Crippen LogP contribution in [0.15, 0.2) is 0 Å². The molecule has 0 aromatic carbocycles. The molecule has 0 amide bonds. The summed E-state index contributed by atoms with van der Waals surface area (Å²) in [6.07, 6.45) is 3.64. The number of esters is 1. The van der Waals surface area contributed by atoms with Gasteiger partial charge in [-0.1, -0.05) is 12.8 Å². The van der Waals surface area contributed by atoms with Crippen LogP contribution in [0.1, 0.15) is 25.7 Å². The van der Waals surface area contributed by atoms with Crippen LogP contribution < -0.4 is 5.73 Å². The summed E-state index contributed by atoms with van der Waals surface area (Å²) in [6, 6.07) is -0.133. The highest BCUT2D eigenvalue weighted by Crippen LogP contribution is 2.23. The van der Waals surface area contributed by atoms with E-state index < -0.39 is 5.97 Å². The molecule has 2 N–H and O–H groups in total. The molecule has 0 heterocycles. The Bertz CT molecular complexity index is 181. The van der Waals surface area contributed by atoms with Gasteiger partial charge in [0.1, 0.15) is 0 Å². The van der Waals surface area contributed by atoms with Gasteiger partial charge in [-0.15, -0.1) is 0 Å². The summed E-state index contributed by atoms with van der Waals surface area (Å²) in [6.45, 7) is 0.170. The predicted molar refractivity (Wildman–Crippen MR) is 42.1 cm³/mol. The Kier molecular flexibility index (Phi) is 3.22. The van der Waals surface area contributed by atoms with Gasteiger partial charge in [0.05, 0.1) is 5.92 Å². The fourth-order valence-electron chi connectivity index (χ4n) is 1.59. The van der Waals surface area contributed by atoms with Crippen LogP contribution in [0.25, 0.3) is 0 Å². The van der Waals surface area contributed by atoms with Crippen molar-refractivity contribution < 1.29 is 14.3 Å². The monoisotopic (exact) mass is 171 g/mol. The molecule has 0 aliphatic heterocycles. The van der Waals surface area contributed by atoms with Gasteiger partial charge in [-0.3, -0.25) is 9.59 Å². The SMILES string of the molecule is NC1CCCCC1C(=O)OC=O. The molecule has 1 aliphatic rings. The molecular formula is C8H13NO3. The Hall–Kier alpha value is -0.900. The number of ether oxygens (including phenoxy) is 1. The Labute approximate surface area is 71.1 Å². The lowest BCUT2D eigenvalue weighted by Gasteiger charge is -2.25. The fourth-order valence-corrected chi connectivity index (χ4v) is 1.59. The minimum absolute atomic E-state index is 0.133. The van der Waals surface area contributed by atoms with Gasteiger partial charge in [0, 0.05) is 6.04 Å². The number of rotatable bonds is 2. The van der Waals surface area contributed by atoms with Crippen molar-refractivity contribution in [1.82, 2.24) is 0 Å². The third kappa shape index (κ3) is 2.04. The lowest BCUT2D eigenvalue weighted by Crippen LogP contribution is -2.38. The highest BCUT2D eigenvalue weighted by atomic mass is 16.6. The molecule has 1 aliphatic carbocycles. The minimum Gasteiger partial charge on any atom is -0.395 e. The summed E-state index contributed by atoms with van der Waals surface area (Å²) in [4.78, 5) is 21.0. The van der Waals surface area contributed by atoms with Crippen molar-refractivity contribution in [1.29, 1.82) is 0 Å². The zero-order chi connectivity index (χ0) is 8.97. The first kappa shape index (κ1) is 9.19. The third-order valence-corrected chi connectivity index (χ3v) is 2.29. The van der Waals surface area contributed by atoms with E-state index in [2.05, 4.69) is 4.74 Å². The van der Waals surface area contributed by atoms with E-state index in [-0.39, 0.29) is 18.4 Å². The maximum Gasteiger partial charge on any atom is 0.317 e. The molecule has 1 fully saturated rings. The Morgan fingerprint density at radius 2 is 2.08 bits per heavy atom. The summed E-state index contributed by atoms with van der Waals surface area (Å²) in [5.41, 5.74) is 5.69. The predicted octanol–water partition coefficient (Wildman–Crippen LogP) is 0.203.